The quantitative estimate of drug-likeness (QED) is 0.154. The maximum absolute atomic E-state index is 5.53. The number of nitrogens with zero attached hydrogens (tertiary/aromatic N) is 1. The summed E-state index contributed by atoms with van der Waals surface area (Å²) in [7, 11) is -1.32. The smallest absolute Gasteiger partial charge is 0.0425 e. The fourth-order valence-corrected chi connectivity index (χ4v) is 8.51. The molecule has 0 saturated heterocycles. The Balaban J connectivity index is 0. The molecule has 0 atom stereocenters. The standard InChI is InChI=1S/C23H44NP.C12H22.Ti/c1-21(2,3)14-17-25(18-15-22(4,5)6,19-16-23(7,8)9)24-20-12-10-11-13-20;1-11(2,3)9-7-8-10-12(4,5)6;/h10-12H,13-19H2,1-9H3;7-10H,1-6H3;. The van der Waals surface area contributed by atoms with E-state index in [2.05, 4.69) is 146 Å². The average molecular weight is 580 g/mol. The van der Waals surface area contributed by atoms with Gasteiger partial charge in [-0.05, 0) is 78.0 Å². The summed E-state index contributed by atoms with van der Waals surface area (Å²) in [6.07, 6.45) is 24.3. The summed E-state index contributed by atoms with van der Waals surface area (Å²) in [5, 5.41) is 0. The molecule has 1 nitrogen and oxygen atoms in total. The van der Waals surface area contributed by atoms with Crippen molar-refractivity contribution >= 4 is 7.05 Å². The van der Waals surface area contributed by atoms with Crippen molar-refractivity contribution in [2.45, 2.75) is 130 Å². The zero-order valence-corrected chi connectivity index (χ0v) is 30.8. The Kier molecular flexibility index (Phi) is 17.3. The Morgan fingerprint density at radius 3 is 1.21 bits per heavy atom. The molecule has 0 aromatic heterocycles. The van der Waals surface area contributed by atoms with Crippen LogP contribution < -0.4 is 0 Å². The second-order valence-electron chi connectivity index (χ2n) is 17.0. The monoisotopic (exact) mass is 579 g/mol. The van der Waals surface area contributed by atoms with Crippen molar-refractivity contribution in [3.05, 3.63) is 48.2 Å². The second-order valence-corrected chi connectivity index (χ2v) is 20.8. The molecule has 0 heterocycles. The van der Waals surface area contributed by atoms with E-state index >= 15 is 0 Å². The molecule has 0 aromatic carbocycles. The van der Waals surface area contributed by atoms with Crippen LogP contribution in [0.4, 0.5) is 0 Å². The summed E-state index contributed by atoms with van der Waals surface area (Å²) in [5.74, 6) is 0. The molecule has 0 amide bonds. The Bertz CT molecular complexity index is 761. The van der Waals surface area contributed by atoms with Gasteiger partial charge in [-0.2, -0.15) is 0 Å². The Hall–Kier alpha value is -0.0957. The summed E-state index contributed by atoms with van der Waals surface area (Å²) >= 11 is 0. The molecule has 0 N–H and O–H groups in total. The van der Waals surface area contributed by atoms with Crippen LogP contribution >= 0.6 is 7.05 Å². The first-order valence-corrected chi connectivity index (χ1v) is 17.0. The summed E-state index contributed by atoms with van der Waals surface area (Å²) in [4.78, 5) is 0. The van der Waals surface area contributed by atoms with E-state index in [9.17, 15) is 0 Å². The van der Waals surface area contributed by atoms with Gasteiger partial charge in [-0.25, -0.2) is 0 Å². The predicted molar refractivity (Wildman–Crippen MR) is 175 cm³/mol. The Morgan fingerprint density at radius 2 is 0.974 bits per heavy atom. The Labute approximate surface area is 255 Å². The first-order chi connectivity index (χ1) is 16.4. The minimum absolute atomic E-state index is 0. The molecule has 1 aliphatic carbocycles. The van der Waals surface area contributed by atoms with Crippen molar-refractivity contribution in [3.63, 3.8) is 0 Å². The normalized spacial score (nSPS) is 15.4. The first-order valence-electron chi connectivity index (χ1n) is 14.7. The molecule has 0 aromatic rings. The van der Waals surface area contributed by atoms with Gasteiger partial charge in [0, 0.05) is 33.8 Å². The van der Waals surface area contributed by atoms with Crippen LogP contribution in [0.3, 0.4) is 0 Å². The van der Waals surface area contributed by atoms with E-state index in [-0.39, 0.29) is 21.7 Å². The van der Waals surface area contributed by atoms with Crippen LogP contribution in [-0.2, 0) is 21.7 Å². The Morgan fingerprint density at radius 1 is 0.632 bits per heavy atom. The van der Waals surface area contributed by atoms with Crippen molar-refractivity contribution < 1.29 is 21.7 Å². The van der Waals surface area contributed by atoms with E-state index in [4.69, 9.17) is 4.74 Å². The van der Waals surface area contributed by atoms with Crippen molar-refractivity contribution in [1.29, 1.82) is 0 Å². The summed E-state index contributed by atoms with van der Waals surface area (Å²) in [6, 6.07) is 0. The summed E-state index contributed by atoms with van der Waals surface area (Å²) < 4.78 is 5.53. The maximum Gasteiger partial charge on any atom is 0.0425 e. The minimum Gasteiger partial charge on any atom is -0.272 e. The van der Waals surface area contributed by atoms with Gasteiger partial charge in [0.25, 0.3) is 0 Å². The van der Waals surface area contributed by atoms with Crippen molar-refractivity contribution in [3.8, 4) is 0 Å². The fourth-order valence-electron chi connectivity index (χ4n) is 3.59. The molecule has 1 rings (SSSR count). The topological polar surface area (TPSA) is 12.4 Å². The van der Waals surface area contributed by atoms with Crippen LogP contribution in [0, 0.1) is 27.1 Å². The van der Waals surface area contributed by atoms with Crippen LogP contribution in [-0.4, -0.2) is 18.5 Å². The fraction of sp³-hybridized carbons (Fsp3) is 0.771. The zero-order valence-electron chi connectivity index (χ0n) is 28.4. The number of hydrogen-bond donors (Lipinski definition) is 0. The van der Waals surface area contributed by atoms with E-state index in [1.165, 1.54) is 43.4 Å². The molecule has 0 fully saturated rings. The molecule has 0 spiro atoms. The summed E-state index contributed by atoms with van der Waals surface area (Å²) in [6.45, 7) is 34.6. The van der Waals surface area contributed by atoms with Crippen LogP contribution in [0.25, 0.3) is 0 Å². The SMILES string of the molecule is CC(C)(C)C=CC=CC(C)(C)C.CC(C)(C)CCP(CCC(C)(C)C)(CCC(C)(C)C)=NC1=CC=CC1.[Ti]. The van der Waals surface area contributed by atoms with E-state index in [1.807, 2.05) is 0 Å². The third-order valence-corrected chi connectivity index (χ3v) is 10.1. The zero-order chi connectivity index (χ0) is 29.2. The molecule has 0 bridgehead atoms. The van der Waals surface area contributed by atoms with Crippen molar-refractivity contribution in [1.82, 2.24) is 0 Å². The van der Waals surface area contributed by atoms with Gasteiger partial charge in [0.1, 0.15) is 0 Å². The van der Waals surface area contributed by atoms with Crippen LogP contribution in [0.1, 0.15) is 130 Å². The van der Waals surface area contributed by atoms with E-state index < -0.39 is 7.05 Å². The number of allylic oxidation sites excluding steroid dienone is 7. The third-order valence-electron chi connectivity index (χ3n) is 6.23. The van der Waals surface area contributed by atoms with Crippen LogP contribution in [0.2, 0.25) is 0 Å². The molecule has 38 heavy (non-hydrogen) atoms. The number of rotatable bonds is 8. The van der Waals surface area contributed by atoms with E-state index in [0.717, 1.165) is 6.42 Å². The van der Waals surface area contributed by atoms with Gasteiger partial charge in [0.2, 0.25) is 0 Å². The molecule has 0 saturated carbocycles. The van der Waals surface area contributed by atoms with Crippen LogP contribution in [0.5, 0.6) is 0 Å². The largest absolute Gasteiger partial charge is 0.272 e. The van der Waals surface area contributed by atoms with Gasteiger partial charge in [-0.15, -0.1) is 0 Å². The van der Waals surface area contributed by atoms with Gasteiger partial charge in [0.15, 0.2) is 0 Å². The molecule has 220 valence electrons. The van der Waals surface area contributed by atoms with Crippen LogP contribution in [0.15, 0.2) is 53.0 Å². The third kappa shape index (κ3) is 24.9. The molecule has 3 heteroatoms. The molecule has 0 unspecified atom stereocenters. The molecular weight excluding hydrogens is 513 g/mol. The van der Waals surface area contributed by atoms with E-state index in [0.29, 0.717) is 27.1 Å². The predicted octanol–water partition coefficient (Wildman–Crippen LogP) is 12.5. The van der Waals surface area contributed by atoms with Gasteiger partial charge in [-0.3, -0.25) is 4.74 Å². The molecule has 0 aliphatic heterocycles. The molecule has 0 radical (unpaired) electrons. The second kappa shape index (κ2) is 16.4. The minimum atomic E-state index is -1.32. The first kappa shape index (κ1) is 40.0. The average Bonchev–Trinajstić information content (AvgIpc) is 3.17. The van der Waals surface area contributed by atoms with Gasteiger partial charge >= 0.3 is 0 Å². The maximum atomic E-state index is 5.53. The van der Waals surface area contributed by atoms with Crippen molar-refractivity contribution in [2.24, 2.45) is 31.8 Å². The van der Waals surface area contributed by atoms with Crippen molar-refractivity contribution in [2.75, 3.05) is 18.5 Å². The molecular formula is C35H66NPTi. The van der Waals surface area contributed by atoms with Gasteiger partial charge in [0.05, 0.1) is 0 Å². The van der Waals surface area contributed by atoms with E-state index in [1.54, 1.807) is 0 Å². The van der Waals surface area contributed by atoms with Gasteiger partial charge < -0.3 is 0 Å². The van der Waals surface area contributed by atoms with Gasteiger partial charge in [-0.1, -0.05) is 140 Å². The molecule has 1 aliphatic rings. The summed E-state index contributed by atoms with van der Waals surface area (Å²) in [5.41, 5.74) is 3.11. The number of hydrogen-bond acceptors (Lipinski definition) is 1.